The van der Waals surface area contributed by atoms with Crippen LogP contribution >= 0.6 is 15.9 Å². The smallest absolute Gasteiger partial charge is 0.387 e. The van der Waals surface area contributed by atoms with Crippen LogP contribution in [0.3, 0.4) is 0 Å². The summed E-state index contributed by atoms with van der Waals surface area (Å²) in [5, 5.41) is 14.4. The number of hydrogen-bond donors (Lipinski definition) is 3. The van der Waals surface area contributed by atoms with Gasteiger partial charge in [0, 0.05) is 17.1 Å². The maximum Gasteiger partial charge on any atom is 0.387 e. The van der Waals surface area contributed by atoms with Gasteiger partial charge >= 0.3 is 6.61 Å². The van der Waals surface area contributed by atoms with Crippen LogP contribution in [0.2, 0.25) is 0 Å². The van der Waals surface area contributed by atoms with E-state index in [0.29, 0.717) is 10.2 Å². The number of amides is 1. The zero-order valence-corrected chi connectivity index (χ0v) is 12.6. The number of carbonyl (C=O) groups excluding carboxylic acids is 1. The molecule has 1 aromatic carbocycles. The van der Waals surface area contributed by atoms with Gasteiger partial charge in [0.1, 0.15) is 11.3 Å². The molecular weight excluding hydrogens is 350 g/mol. The third-order valence-electron chi connectivity index (χ3n) is 2.85. The number of aliphatic hydroxyl groups excluding tert-OH is 1. The Kier molecular flexibility index (Phi) is 5.35. The number of nitrogens with one attached hydrogen (secondary N) is 2. The highest BCUT2D eigenvalue weighted by molar-refractivity contribution is 9.10. The zero-order valence-electron chi connectivity index (χ0n) is 11.0. The summed E-state index contributed by atoms with van der Waals surface area (Å²) in [5.74, 6) is -0.681. The van der Waals surface area contributed by atoms with Crippen molar-refractivity contribution >= 4 is 27.5 Å². The van der Waals surface area contributed by atoms with Gasteiger partial charge in [-0.25, -0.2) is 0 Å². The van der Waals surface area contributed by atoms with Crippen molar-refractivity contribution in [3.8, 4) is 5.75 Å². The average molecular weight is 365 g/mol. The van der Waals surface area contributed by atoms with Crippen LogP contribution in [-0.2, 0) is 0 Å². The molecule has 0 spiro atoms. The highest BCUT2D eigenvalue weighted by Gasteiger charge is 2.28. The average Bonchev–Trinajstić information content (AvgIpc) is 3.18. The lowest BCUT2D eigenvalue weighted by atomic mass is 10.1. The van der Waals surface area contributed by atoms with E-state index in [9.17, 15) is 13.6 Å². The molecule has 0 bridgehead atoms. The number of rotatable bonds is 7. The Balaban J connectivity index is 2.35. The minimum absolute atomic E-state index is 0.0128. The van der Waals surface area contributed by atoms with E-state index in [2.05, 4.69) is 31.3 Å². The van der Waals surface area contributed by atoms with Crippen LogP contribution < -0.4 is 15.4 Å². The van der Waals surface area contributed by atoms with Crippen molar-refractivity contribution in [1.29, 1.82) is 0 Å². The Morgan fingerprint density at radius 1 is 1.48 bits per heavy atom. The monoisotopic (exact) mass is 364 g/mol. The Bertz CT molecular complexity index is 524. The predicted molar refractivity (Wildman–Crippen MR) is 76.8 cm³/mol. The molecule has 8 heteroatoms. The van der Waals surface area contributed by atoms with Crippen molar-refractivity contribution in [3.05, 3.63) is 22.2 Å². The van der Waals surface area contributed by atoms with Gasteiger partial charge in [0.25, 0.3) is 5.91 Å². The maximum atomic E-state index is 12.5. The van der Waals surface area contributed by atoms with E-state index in [1.807, 2.05) is 0 Å². The molecule has 0 saturated heterocycles. The lowest BCUT2D eigenvalue weighted by Crippen LogP contribution is -2.27. The number of hydrogen-bond acceptors (Lipinski definition) is 4. The van der Waals surface area contributed by atoms with E-state index in [-0.39, 0.29) is 30.5 Å². The molecule has 5 nitrogen and oxygen atoms in total. The van der Waals surface area contributed by atoms with Crippen LogP contribution in [0.4, 0.5) is 14.5 Å². The third-order valence-corrected chi connectivity index (χ3v) is 3.31. The normalized spacial score (nSPS) is 14.1. The summed E-state index contributed by atoms with van der Waals surface area (Å²) in [5.41, 5.74) is 0.339. The quantitative estimate of drug-likeness (QED) is 0.694. The maximum absolute atomic E-state index is 12.5. The molecule has 1 aromatic rings. The SMILES string of the molecule is O=C(NC1CC1)c1c(NCCO)cc(Br)cc1OC(F)F. The van der Waals surface area contributed by atoms with Crippen molar-refractivity contribution in [1.82, 2.24) is 5.32 Å². The second-order valence-electron chi connectivity index (χ2n) is 4.60. The molecule has 0 heterocycles. The van der Waals surface area contributed by atoms with Crippen molar-refractivity contribution < 1.29 is 23.4 Å². The van der Waals surface area contributed by atoms with Gasteiger partial charge in [0.05, 0.1) is 12.3 Å². The minimum Gasteiger partial charge on any atom is -0.434 e. The van der Waals surface area contributed by atoms with Gasteiger partial charge in [-0.05, 0) is 25.0 Å². The van der Waals surface area contributed by atoms with Crippen LogP contribution in [0, 0.1) is 0 Å². The topological polar surface area (TPSA) is 70.6 Å². The second-order valence-corrected chi connectivity index (χ2v) is 5.52. The van der Waals surface area contributed by atoms with Gasteiger partial charge in [-0.1, -0.05) is 15.9 Å². The van der Waals surface area contributed by atoms with Crippen molar-refractivity contribution in [3.63, 3.8) is 0 Å². The molecule has 0 atom stereocenters. The molecule has 116 valence electrons. The van der Waals surface area contributed by atoms with Crippen molar-refractivity contribution in [2.45, 2.75) is 25.5 Å². The minimum atomic E-state index is -3.03. The van der Waals surface area contributed by atoms with Crippen LogP contribution in [0.5, 0.6) is 5.75 Å². The van der Waals surface area contributed by atoms with Crippen molar-refractivity contribution in [2.75, 3.05) is 18.5 Å². The number of alkyl halides is 2. The molecule has 2 rings (SSSR count). The van der Waals surface area contributed by atoms with Crippen LogP contribution in [0.15, 0.2) is 16.6 Å². The largest absolute Gasteiger partial charge is 0.434 e. The first-order valence-electron chi connectivity index (χ1n) is 6.45. The number of aliphatic hydroxyl groups is 1. The van der Waals surface area contributed by atoms with Gasteiger partial charge < -0.3 is 20.5 Å². The summed E-state index contributed by atoms with van der Waals surface area (Å²) in [6, 6.07) is 2.99. The number of benzene rings is 1. The molecule has 0 aromatic heterocycles. The first kappa shape index (κ1) is 16.0. The van der Waals surface area contributed by atoms with Gasteiger partial charge in [0.2, 0.25) is 0 Å². The molecule has 1 fully saturated rings. The first-order chi connectivity index (χ1) is 10.0. The number of anilines is 1. The fourth-order valence-corrected chi connectivity index (χ4v) is 2.26. The first-order valence-corrected chi connectivity index (χ1v) is 7.24. The van der Waals surface area contributed by atoms with Gasteiger partial charge in [-0.2, -0.15) is 8.78 Å². The fraction of sp³-hybridized carbons (Fsp3) is 0.462. The molecule has 0 aliphatic heterocycles. The van der Waals surface area contributed by atoms with Crippen molar-refractivity contribution in [2.24, 2.45) is 0 Å². The Morgan fingerprint density at radius 2 is 2.19 bits per heavy atom. The zero-order chi connectivity index (χ0) is 15.4. The number of ether oxygens (including phenoxy) is 1. The van der Waals surface area contributed by atoms with E-state index in [1.165, 1.54) is 6.07 Å². The summed E-state index contributed by atoms with van der Waals surface area (Å²) in [6.45, 7) is -2.99. The summed E-state index contributed by atoms with van der Waals surface area (Å²) < 4.78 is 30.0. The van der Waals surface area contributed by atoms with Gasteiger partial charge in [-0.3, -0.25) is 4.79 Å². The predicted octanol–water partition coefficient (Wildman–Crippen LogP) is 2.35. The standard InChI is InChI=1S/C13H15BrF2N2O3/c14-7-5-9(17-3-4-19)11(10(6-7)21-13(15)16)12(20)18-8-1-2-8/h5-6,8,13,17,19H,1-4H2,(H,18,20). The lowest BCUT2D eigenvalue weighted by Gasteiger charge is -2.16. The molecule has 0 unspecified atom stereocenters. The van der Waals surface area contributed by atoms with Gasteiger partial charge in [0.15, 0.2) is 0 Å². The lowest BCUT2D eigenvalue weighted by molar-refractivity contribution is -0.0501. The van der Waals surface area contributed by atoms with E-state index < -0.39 is 12.5 Å². The molecule has 21 heavy (non-hydrogen) atoms. The highest BCUT2D eigenvalue weighted by atomic mass is 79.9. The van der Waals surface area contributed by atoms with Crippen LogP contribution in [-0.4, -0.2) is 36.8 Å². The van der Waals surface area contributed by atoms with E-state index in [4.69, 9.17) is 5.11 Å². The molecule has 0 radical (unpaired) electrons. The summed E-state index contributed by atoms with van der Waals surface area (Å²) in [6.07, 6.45) is 1.76. The molecule has 3 N–H and O–H groups in total. The number of halogens is 3. The van der Waals surface area contributed by atoms with Gasteiger partial charge in [-0.15, -0.1) is 0 Å². The molecule has 1 aliphatic carbocycles. The Morgan fingerprint density at radius 3 is 2.76 bits per heavy atom. The summed E-state index contributed by atoms with van der Waals surface area (Å²) in [4.78, 5) is 12.2. The summed E-state index contributed by atoms with van der Waals surface area (Å²) >= 11 is 3.18. The molecule has 1 saturated carbocycles. The molecular formula is C13H15BrF2N2O3. The highest BCUT2D eigenvalue weighted by Crippen LogP contribution is 2.33. The Labute approximate surface area is 128 Å². The molecule has 1 amide bonds. The van der Waals surface area contributed by atoms with Crippen LogP contribution in [0.1, 0.15) is 23.2 Å². The second kappa shape index (κ2) is 7.04. The molecule has 1 aliphatic rings. The van der Waals surface area contributed by atoms with E-state index in [0.717, 1.165) is 12.8 Å². The summed E-state index contributed by atoms with van der Waals surface area (Å²) in [7, 11) is 0. The van der Waals surface area contributed by atoms with Crippen LogP contribution in [0.25, 0.3) is 0 Å². The number of carbonyl (C=O) groups is 1. The van der Waals surface area contributed by atoms with E-state index >= 15 is 0 Å². The fourth-order valence-electron chi connectivity index (χ4n) is 1.82. The van der Waals surface area contributed by atoms with E-state index in [1.54, 1.807) is 6.07 Å². The Hall–Kier alpha value is -1.41. The third kappa shape index (κ3) is 4.53.